The highest BCUT2D eigenvalue weighted by molar-refractivity contribution is 5.85. The van der Waals surface area contributed by atoms with E-state index in [-0.39, 0.29) is 23.7 Å². The Hall–Kier alpha value is -1.11. The lowest BCUT2D eigenvalue weighted by Gasteiger charge is -2.35. The SMILES string of the molecule is Cl.Cn1c(CN2CCCCC2CCN)cc(=O)n(C)c1=O. The van der Waals surface area contributed by atoms with Gasteiger partial charge in [0, 0.05) is 38.4 Å². The molecule has 1 aliphatic heterocycles. The predicted octanol–water partition coefficient (Wildman–Crippen LogP) is 0.209. The second kappa shape index (κ2) is 7.77. The summed E-state index contributed by atoms with van der Waals surface area (Å²) in [6.07, 6.45) is 4.52. The van der Waals surface area contributed by atoms with E-state index in [0.717, 1.165) is 29.6 Å². The van der Waals surface area contributed by atoms with Crippen LogP contribution < -0.4 is 17.0 Å². The fourth-order valence-electron chi connectivity index (χ4n) is 2.93. The molecule has 2 rings (SSSR count). The number of hydrogen-bond donors (Lipinski definition) is 1. The molecular weight excluding hydrogens is 292 g/mol. The van der Waals surface area contributed by atoms with Crippen LogP contribution in [0.1, 0.15) is 31.4 Å². The quantitative estimate of drug-likeness (QED) is 0.862. The molecule has 1 saturated heterocycles. The van der Waals surface area contributed by atoms with Gasteiger partial charge in [-0.05, 0) is 32.4 Å². The minimum atomic E-state index is -0.264. The van der Waals surface area contributed by atoms with E-state index in [9.17, 15) is 9.59 Å². The number of rotatable bonds is 4. The summed E-state index contributed by atoms with van der Waals surface area (Å²) in [5, 5.41) is 0. The van der Waals surface area contributed by atoms with Crippen LogP contribution >= 0.6 is 12.4 Å². The van der Waals surface area contributed by atoms with E-state index in [1.165, 1.54) is 19.9 Å². The topological polar surface area (TPSA) is 73.3 Å². The van der Waals surface area contributed by atoms with Crippen LogP contribution in [0.4, 0.5) is 0 Å². The summed E-state index contributed by atoms with van der Waals surface area (Å²) >= 11 is 0. The Labute approximate surface area is 131 Å². The Balaban J connectivity index is 0.00000220. The number of aromatic nitrogens is 2. The van der Waals surface area contributed by atoms with Crippen molar-refractivity contribution in [1.29, 1.82) is 0 Å². The molecule has 21 heavy (non-hydrogen) atoms. The van der Waals surface area contributed by atoms with Gasteiger partial charge in [0.1, 0.15) is 0 Å². The highest BCUT2D eigenvalue weighted by Crippen LogP contribution is 2.20. The third-order valence-corrected chi connectivity index (χ3v) is 4.24. The molecule has 0 radical (unpaired) electrons. The third kappa shape index (κ3) is 3.96. The van der Waals surface area contributed by atoms with Gasteiger partial charge >= 0.3 is 5.69 Å². The van der Waals surface area contributed by atoms with Crippen LogP contribution in [0.2, 0.25) is 0 Å². The van der Waals surface area contributed by atoms with Gasteiger partial charge in [0.25, 0.3) is 5.56 Å². The van der Waals surface area contributed by atoms with Crippen molar-refractivity contribution in [2.45, 2.75) is 38.3 Å². The molecule has 1 atom stereocenters. The van der Waals surface area contributed by atoms with Crippen molar-refractivity contribution in [3.8, 4) is 0 Å². The number of halogens is 1. The van der Waals surface area contributed by atoms with Crippen LogP contribution in [-0.2, 0) is 20.6 Å². The van der Waals surface area contributed by atoms with Gasteiger partial charge in [-0.3, -0.25) is 18.8 Å². The van der Waals surface area contributed by atoms with E-state index in [0.29, 0.717) is 19.1 Å². The van der Waals surface area contributed by atoms with Gasteiger partial charge < -0.3 is 5.73 Å². The van der Waals surface area contributed by atoms with Crippen molar-refractivity contribution < 1.29 is 0 Å². The summed E-state index contributed by atoms with van der Waals surface area (Å²) < 4.78 is 2.70. The number of likely N-dealkylation sites (tertiary alicyclic amines) is 1. The molecule has 1 aromatic heterocycles. The average Bonchev–Trinajstić information content (AvgIpc) is 2.45. The van der Waals surface area contributed by atoms with Crippen LogP contribution in [0.25, 0.3) is 0 Å². The zero-order chi connectivity index (χ0) is 14.7. The third-order valence-electron chi connectivity index (χ3n) is 4.24. The molecule has 2 heterocycles. The molecule has 1 aromatic rings. The number of piperidine rings is 1. The maximum atomic E-state index is 11.9. The molecule has 0 aromatic carbocycles. The molecule has 0 aliphatic carbocycles. The highest BCUT2D eigenvalue weighted by atomic mass is 35.5. The fraction of sp³-hybridized carbons (Fsp3) is 0.714. The van der Waals surface area contributed by atoms with E-state index in [4.69, 9.17) is 5.73 Å². The number of nitrogens with two attached hydrogens (primary N) is 1. The summed E-state index contributed by atoms with van der Waals surface area (Å²) in [6, 6.07) is 2.03. The van der Waals surface area contributed by atoms with Gasteiger partial charge in [-0.25, -0.2) is 4.79 Å². The Morgan fingerprint density at radius 3 is 2.62 bits per heavy atom. The molecule has 0 amide bonds. The Bertz CT molecular complexity index is 579. The molecule has 0 saturated carbocycles. The highest BCUT2D eigenvalue weighted by Gasteiger charge is 2.22. The largest absolute Gasteiger partial charge is 0.330 e. The van der Waals surface area contributed by atoms with Crippen molar-refractivity contribution >= 4 is 12.4 Å². The van der Waals surface area contributed by atoms with Crippen LogP contribution in [-0.4, -0.2) is 33.2 Å². The lowest BCUT2D eigenvalue weighted by Crippen LogP contribution is -2.43. The molecule has 0 bridgehead atoms. The van der Waals surface area contributed by atoms with Crippen molar-refractivity contribution in [2.24, 2.45) is 19.8 Å². The number of hydrogen-bond acceptors (Lipinski definition) is 4. The van der Waals surface area contributed by atoms with E-state index in [1.807, 2.05) is 0 Å². The summed E-state index contributed by atoms with van der Waals surface area (Å²) in [5.74, 6) is 0. The van der Waals surface area contributed by atoms with E-state index < -0.39 is 0 Å². The lowest BCUT2D eigenvalue weighted by molar-refractivity contribution is 0.130. The molecule has 7 heteroatoms. The van der Waals surface area contributed by atoms with Crippen LogP contribution in [0.5, 0.6) is 0 Å². The monoisotopic (exact) mass is 316 g/mol. The normalized spacial score (nSPS) is 19.3. The zero-order valence-corrected chi connectivity index (χ0v) is 13.6. The summed E-state index contributed by atoms with van der Waals surface area (Å²) in [5.41, 5.74) is 5.95. The Morgan fingerprint density at radius 1 is 1.24 bits per heavy atom. The Morgan fingerprint density at radius 2 is 1.95 bits per heavy atom. The lowest BCUT2D eigenvalue weighted by atomic mass is 9.99. The predicted molar refractivity (Wildman–Crippen MR) is 85.9 cm³/mol. The van der Waals surface area contributed by atoms with Crippen molar-refractivity contribution in [3.63, 3.8) is 0 Å². The second-order valence-electron chi connectivity index (χ2n) is 5.57. The first-order chi connectivity index (χ1) is 9.54. The summed E-state index contributed by atoms with van der Waals surface area (Å²) in [4.78, 5) is 26.1. The van der Waals surface area contributed by atoms with Crippen molar-refractivity contribution in [1.82, 2.24) is 14.0 Å². The van der Waals surface area contributed by atoms with Crippen molar-refractivity contribution in [2.75, 3.05) is 13.1 Å². The van der Waals surface area contributed by atoms with Crippen LogP contribution in [0, 0.1) is 0 Å². The van der Waals surface area contributed by atoms with Gasteiger partial charge in [0.05, 0.1) is 0 Å². The molecule has 1 fully saturated rings. The van der Waals surface area contributed by atoms with Crippen LogP contribution in [0.15, 0.2) is 15.7 Å². The molecule has 120 valence electrons. The van der Waals surface area contributed by atoms with E-state index in [1.54, 1.807) is 17.7 Å². The average molecular weight is 317 g/mol. The first-order valence-corrected chi connectivity index (χ1v) is 7.24. The maximum Gasteiger partial charge on any atom is 0.330 e. The van der Waals surface area contributed by atoms with Gasteiger partial charge in [0.2, 0.25) is 0 Å². The van der Waals surface area contributed by atoms with Gasteiger partial charge in [-0.15, -0.1) is 12.4 Å². The second-order valence-corrected chi connectivity index (χ2v) is 5.57. The van der Waals surface area contributed by atoms with Crippen molar-refractivity contribution in [3.05, 3.63) is 32.6 Å². The van der Waals surface area contributed by atoms with Gasteiger partial charge in [-0.1, -0.05) is 6.42 Å². The zero-order valence-electron chi connectivity index (χ0n) is 12.7. The van der Waals surface area contributed by atoms with Gasteiger partial charge in [0.15, 0.2) is 0 Å². The minimum absolute atomic E-state index is 0. The smallest absolute Gasteiger partial charge is 0.330 e. The molecule has 2 N–H and O–H groups in total. The maximum absolute atomic E-state index is 11.9. The molecular formula is C14H25ClN4O2. The van der Waals surface area contributed by atoms with E-state index >= 15 is 0 Å². The van der Waals surface area contributed by atoms with Crippen LogP contribution in [0.3, 0.4) is 0 Å². The first-order valence-electron chi connectivity index (χ1n) is 7.24. The van der Waals surface area contributed by atoms with Gasteiger partial charge in [-0.2, -0.15) is 0 Å². The fourth-order valence-corrected chi connectivity index (χ4v) is 2.93. The minimum Gasteiger partial charge on any atom is -0.330 e. The summed E-state index contributed by atoms with van der Waals surface area (Å²) in [7, 11) is 3.23. The molecule has 0 spiro atoms. The number of nitrogens with zero attached hydrogens (tertiary/aromatic N) is 3. The molecule has 1 unspecified atom stereocenters. The molecule has 1 aliphatic rings. The first kappa shape index (κ1) is 17.9. The van der Waals surface area contributed by atoms with E-state index in [2.05, 4.69) is 4.90 Å². The summed E-state index contributed by atoms with van der Waals surface area (Å²) in [6.45, 7) is 2.33. The standard InChI is InChI=1S/C14H24N4O2.ClH/c1-16-12(9-13(19)17(2)14(16)20)10-18-8-4-3-5-11(18)6-7-15;/h9,11H,3-8,10,15H2,1-2H3;1H. The Kier molecular flexibility index (Phi) is 6.64. The molecule has 6 nitrogen and oxygen atoms in total.